The van der Waals surface area contributed by atoms with Crippen molar-refractivity contribution in [2.24, 2.45) is 0 Å². The van der Waals surface area contributed by atoms with Crippen molar-refractivity contribution in [2.75, 3.05) is 0 Å². The molecule has 100 valence electrons. The quantitative estimate of drug-likeness (QED) is 0.636. The van der Waals surface area contributed by atoms with E-state index < -0.39 is 5.92 Å². The van der Waals surface area contributed by atoms with Gasteiger partial charge in [-0.05, 0) is 35.9 Å². The van der Waals surface area contributed by atoms with Gasteiger partial charge in [-0.3, -0.25) is 4.79 Å². The molecule has 0 aromatic heterocycles. The number of hydrogen-bond acceptors (Lipinski definition) is 2. The van der Waals surface area contributed by atoms with Crippen LogP contribution in [0, 0.1) is 11.3 Å². The van der Waals surface area contributed by atoms with Crippen LogP contribution in [0.25, 0.3) is 0 Å². The highest BCUT2D eigenvalue weighted by Gasteiger charge is 2.22. The van der Waals surface area contributed by atoms with Gasteiger partial charge in [-0.1, -0.05) is 55.6 Å². The summed E-state index contributed by atoms with van der Waals surface area (Å²) in [5.74, 6) is -1.12. The largest absolute Gasteiger partial charge is 0.292 e. The SMILES string of the molecule is N#CC(C(=O)c1cc(Cl)cc(Br)c1)c1cccc(Br)c1. The Morgan fingerprint density at radius 3 is 2.50 bits per heavy atom. The van der Waals surface area contributed by atoms with Crippen LogP contribution in [0.15, 0.2) is 51.4 Å². The zero-order chi connectivity index (χ0) is 14.7. The van der Waals surface area contributed by atoms with E-state index >= 15 is 0 Å². The Hall–Kier alpha value is -1.15. The molecular formula is C15H8Br2ClNO. The van der Waals surface area contributed by atoms with E-state index in [2.05, 4.69) is 37.9 Å². The van der Waals surface area contributed by atoms with Gasteiger partial charge in [-0.15, -0.1) is 0 Å². The molecule has 0 spiro atoms. The Balaban J connectivity index is 2.42. The molecule has 0 fully saturated rings. The van der Waals surface area contributed by atoms with Gasteiger partial charge in [-0.25, -0.2) is 0 Å². The summed E-state index contributed by atoms with van der Waals surface area (Å²) >= 11 is 12.6. The fourth-order valence-electron chi connectivity index (χ4n) is 1.83. The first-order valence-electron chi connectivity index (χ1n) is 5.66. The Kier molecular flexibility index (Phi) is 4.98. The van der Waals surface area contributed by atoms with Gasteiger partial charge >= 0.3 is 0 Å². The maximum absolute atomic E-state index is 12.5. The standard InChI is InChI=1S/C15H8Br2ClNO/c16-11-3-1-2-9(4-11)14(8-19)15(20)10-5-12(17)7-13(18)6-10/h1-7,14H. The van der Waals surface area contributed by atoms with Gasteiger partial charge in [0, 0.05) is 19.5 Å². The predicted molar refractivity (Wildman–Crippen MR) is 86.0 cm³/mol. The van der Waals surface area contributed by atoms with Crippen molar-refractivity contribution in [3.63, 3.8) is 0 Å². The van der Waals surface area contributed by atoms with E-state index in [0.717, 1.165) is 4.47 Å². The molecule has 0 heterocycles. The molecule has 2 aromatic carbocycles. The van der Waals surface area contributed by atoms with Gasteiger partial charge in [0.05, 0.1) is 6.07 Å². The summed E-state index contributed by atoms with van der Waals surface area (Å²) in [5.41, 5.74) is 1.07. The Bertz CT molecular complexity index is 689. The molecule has 0 aliphatic carbocycles. The molecule has 1 unspecified atom stereocenters. The zero-order valence-corrected chi connectivity index (χ0v) is 14.0. The van der Waals surface area contributed by atoms with Crippen LogP contribution in [-0.4, -0.2) is 5.78 Å². The van der Waals surface area contributed by atoms with E-state index in [1.807, 2.05) is 6.07 Å². The molecule has 1 atom stereocenters. The molecule has 0 N–H and O–H groups in total. The molecule has 5 heteroatoms. The smallest absolute Gasteiger partial charge is 0.184 e. The van der Waals surface area contributed by atoms with Gasteiger partial charge in [0.2, 0.25) is 0 Å². The predicted octanol–water partition coefficient (Wildman–Crippen LogP) is 5.36. The third-order valence-electron chi connectivity index (χ3n) is 2.72. The number of carbonyl (C=O) groups excluding carboxylic acids is 1. The topological polar surface area (TPSA) is 40.9 Å². The molecule has 2 nitrogen and oxygen atoms in total. The minimum Gasteiger partial charge on any atom is -0.292 e. The molecular weight excluding hydrogens is 405 g/mol. The first-order chi connectivity index (χ1) is 9.51. The van der Waals surface area contributed by atoms with Gasteiger partial charge in [0.25, 0.3) is 0 Å². The fourth-order valence-corrected chi connectivity index (χ4v) is 3.11. The van der Waals surface area contributed by atoms with Crippen molar-refractivity contribution in [3.05, 3.63) is 67.6 Å². The molecule has 0 aliphatic rings. The monoisotopic (exact) mass is 411 g/mol. The number of nitriles is 1. The Morgan fingerprint density at radius 2 is 1.90 bits per heavy atom. The van der Waals surface area contributed by atoms with Crippen molar-refractivity contribution in [2.45, 2.75) is 5.92 Å². The molecule has 0 radical (unpaired) electrons. The summed E-state index contributed by atoms with van der Waals surface area (Å²) in [4.78, 5) is 12.5. The first kappa shape index (κ1) is 15.2. The molecule has 0 amide bonds. The average molecular weight is 413 g/mol. The minimum atomic E-state index is -0.849. The Morgan fingerprint density at radius 1 is 1.15 bits per heavy atom. The lowest BCUT2D eigenvalue weighted by Gasteiger charge is -2.10. The highest BCUT2D eigenvalue weighted by Crippen LogP contribution is 2.26. The number of halogens is 3. The van der Waals surface area contributed by atoms with Gasteiger partial charge in [0.1, 0.15) is 5.92 Å². The summed E-state index contributed by atoms with van der Waals surface area (Å²) in [5, 5.41) is 9.76. The normalized spacial score (nSPS) is 11.7. The number of Topliss-reactive ketones (excluding diaryl/α,β-unsaturated/α-hetero) is 1. The molecule has 2 aromatic rings. The van der Waals surface area contributed by atoms with Gasteiger partial charge < -0.3 is 0 Å². The van der Waals surface area contributed by atoms with E-state index in [1.165, 1.54) is 0 Å². The number of hydrogen-bond donors (Lipinski definition) is 0. The van der Waals surface area contributed by atoms with Crippen molar-refractivity contribution in [1.82, 2.24) is 0 Å². The van der Waals surface area contributed by atoms with Crippen LogP contribution >= 0.6 is 43.5 Å². The van der Waals surface area contributed by atoms with Crippen molar-refractivity contribution in [1.29, 1.82) is 5.26 Å². The number of ketones is 1. The average Bonchev–Trinajstić information content (AvgIpc) is 2.38. The summed E-state index contributed by atoms with van der Waals surface area (Å²) < 4.78 is 1.54. The number of nitrogens with zero attached hydrogens (tertiary/aromatic N) is 1. The van der Waals surface area contributed by atoms with Crippen molar-refractivity contribution in [3.8, 4) is 6.07 Å². The van der Waals surface area contributed by atoms with E-state index in [1.54, 1.807) is 36.4 Å². The molecule has 0 bridgehead atoms. The molecule has 0 saturated heterocycles. The van der Waals surface area contributed by atoms with E-state index in [-0.39, 0.29) is 5.78 Å². The second-order valence-corrected chi connectivity index (χ2v) is 6.41. The van der Waals surface area contributed by atoms with Crippen LogP contribution in [0.2, 0.25) is 5.02 Å². The summed E-state index contributed by atoms with van der Waals surface area (Å²) in [7, 11) is 0. The van der Waals surface area contributed by atoms with Crippen LogP contribution < -0.4 is 0 Å². The van der Waals surface area contributed by atoms with Crippen LogP contribution in [-0.2, 0) is 0 Å². The fraction of sp³-hybridized carbons (Fsp3) is 0.0667. The number of carbonyl (C=O) groups is 1. The first-order valence-corrected chi connectivity index (χ1v) is 7.63. The lowest BCUT2D eigenvalue weighted by Crippen LogP contribution is -2.11. The number of rotatable bonds is 3. The van der Waals surface area contributed by atoms with Gasteiger partial charge in [-0.2, -0.15) is 5.26 Å². The summed E-state index contributed by atoms with van der Waals surface area (Å²) in [6, 6.07) is 14.1. The third kappa shape index (κ3) is 3.49. The summed E-state index contributed by atoms with van der Waals surface area (Å²) in [6.45, 7) is 0. The Labute approximate surface area is 138 Å². The molecule has 0 saturated carbocycles. The maximum atomic E-state index is 12.5. The molecule has 0 aliphatic heterocycles. The second kappa shape index (κ2) is 6.53. The lowest BCUT2D eigenvalue weighted by atomic mass is 9.92. The van der Waals surface area contributed by atoms with Crippen LogP contribution in [0.1, 0.15) is 21.8 Å². The van der Waals surface area contributed by atoms with Gasteiger partial charge in [0.15, 0.2) is 5.78 Å². The highest BCUT2D eigenvalue weighted by molar-refractivity contribution is 9.10. The van der Waals surface area contributed by atoms with Crippen LogP contribution in [0.5, 0.6) is 0 Å². The van der Waals surface area contributed by atoms with E-state index in [9.17, 15) is 10.1 Å². The second-order valence-electron chi connectivity index (χ2n) is 4.14. The maximum Gasteiger partial charge on any atom is 0.184 e. The minimum absolute atomic E-state index is 0.270. The third-order valence-corrected chi connectivity index (χ3v) is 3.89. The molecule has 20 heavy (non-hydrogen) atoms. The van der Waals surface area contributed by atoms with E-state index in [0.29, 0.717) is 20.6 Å². The highest BCUT2D eigenvalue weighted by atomic mass is 79.9. The number of benzene rings is 2. The lowest BCUT2D eigenvalue weighted by molar-refractivity contribution is 0.0979. The van der Waals surface area contributed by atoms with Crippen LogP contribution in [0.4, 0.5) is 0 Å². The van der Waals surface area contributed by atoms with Crippen LogP contribution in [0.3, 0.4) is 0 Å². The van der Waals surface area contributed by atoms with E-state index in [4.69, 9.17) is 11.6 Å². The van der Waals surface area contributed by atoms with Crippen molar-refractivity contribution >= 4 is 49.2 Å². The van der Waals surface area contributed by atoms with Crippen molar-refractivity contribution < 1.29 is 4.79 Å². The molecule has 2 rings (SSSR count). The summed E-state index contributed by atoms with van der Waals surface area (Å²) in [6.07, 6.45) is 0. The zero-order valence-electron chi connectivity index (χ0n) is 10.1.